The Morgan fingerprint density at radius 1 is 1.27 bits per heavy atom. The quantitative estimate of drug-likeness (QED) is 0.724. The zero-order valence-electron chi connectivity index (χ0n) is 8.82. The molecule has 1 saturated carbocycles. The molecule has 82 valence electrons. The van der Waals surface area contributed by atoms with Crippen molar-refractivity contribution < 1.29 is 0 Å². The van der Waals surface area contributed by atoms with Crippen LogP contribution in [-0.4, -0.2) is 27.8 Å². The van der Waals surface area contributed by atoms with E-state index in [0.717, 1.165) is 18.4 Å². The highest BCUT2D eigenvalue weighted by Crippen LogP contribution is 2.37. The smallest absolute Gasteiger partial charge is 0.246 e. The number of hydrogen-bond donors (Lipinski definition) is 2. The first-order chi connectivity index (χ1) is 7.34. The van der Waals surface area contributed by atoms with Gasteiger partial charge in [-0.2, -0.15) is 4.98 Å². The molecule has 1 aromatic rings. The Hall–Kier alpha value is -1.26. The van der Waals surface area contributed by atoms with Gasteiger partial charge in [-0.05, 0) is 31.6 Å². The van der Waals surface area contributed by atoms with Crippen LogP contribution >= 0.6 is 0 Å². The predicted octanol–water partition coefficient (Wildman–Crippen LogP) is 1.16. The first-order valence-electron chi connectivity index (χ1n) is 5.79. The Balaban J connectivity index is 1.85. The summed E-state index contributed by atoms with van der Waals surface area (Å²) in [7, 11) is 0. The molecule has 0 radical (unpaired) electrons. The monoisotopic (exact) mass is 207 g/mol. The van der Waals surface area contributed by atoms with E-state index >= 15 is 0 Å². The fourth-order valence-corrected chi connectivity index (χ4v) is 3.10. The summed E-state index contributed by atoms with van der Waals surface area (Å²) in [5.41, 5.74) is 5.57. The van der Waals surface area contributed by atoms with Crippen molar-refractivity contribution in [3.05, 3.63) is 0 Å². The average Bonchev–Trinajstić information content (AvgIpc) is 2.84. The van der Waals surface area contributed by atoms with Crippen molar-refractivity contribution in [1.29, 1.82) is 0 Å². The second kappa shape index (κ2) is 3.40. The van der Waals surface area contributed by atoms with Gasteiger partial charge in [0.25, 0.3) is 0 Å². The second-order valence-electron chi connectivity index (χ2n) is 4.61. The van der Waals surface area contributed by atoms with E-state index in [1.54, 1.807) is 0 Å². The molecule has 0 aromatic carbocycles. The number of aromatic nitrogens is 3. The van der Waals surface area contributed by atoms with Gasteiger partial charge in [-0.25, -0.2) is 5.10 Å². The highest BCUT2D eigenvalue weighted by atomic mass is 15.4. The van der Waals surface area contributed by atoms with E-state index in [0.29, 0.717) is 12.0 Å². The summed E-state index contributed by atoms with van der Waals surface area (Å²) in [5.74, 6) is 2.08. The number of anilines is 2. The number of hydrogen-bond acceptors (Lipinski definition) is 4. The van der Waals surface area contributed by atoms with Gasteiger partial charge in [0.05, 0.1) is 0 Å². The molecule has 0 bridgehead atoms. The number of nitrogens with two attached hydrogens (primary N) is 1. The van der Waals surface area contributed by atoms with Crippen LogP contribution in [0.4, 0.5) is 11.9 Å². The molecule has 5 nitrogen and oxygen atoms in total. The van der Waals surface area contributed by atoms with Gasteiger partial charge < -0.3 is 10.6 Å². The summed E-state index contributed by atoms with van der Waals surface area (Å²) < 4.78 is 0. The lowest BCUT2D eigenvalue weighted by molar-refractivity contribution is 0.358. The van der Waals surface area contributed by atoms with Crippen LogP contribution in [0.15, 0.2) is 0 Å². The Morgan fingerprint density at radius 3 is 2.93 bits per heavy atom. The molecular weight excluding hydrogens is 190 g/mol. The predicted molar refractivity (Wildman–Crippen MR) is 58.5 cm³/mol. The van der Waals surface area contributed by atoms with Gasteiger partial charge in [-0.1, -0.05) is 6.42 Å². The van der Waals surface area contributed by atoms with Gasteiger partial charge in [0.1, 0.15) is 0 Å². The average molecular weight is 207 g/mol. The van der Waals surface area contributed by atoms with E-state index in [-0.39, 0.29) is 0 Å². The lowest BCUT2D eigenvalue weighted by Crippen LogP contribution is -2.43. The molecule has 2 atom stereocenters. The van der Waals surface area contributed by atoms with Crippen LogP contribution in [0.2, 0.25) is 0 Å². The standard InChI is InChI=1S/C10H17N5/c11-9-12-10(14-13-9)15-6-2-4-7-3-1-5-8(7)15/h7-8H,1-6H2,(H3,11,12,13,14). The molecule has 2 aliphatic rings. The number of nitrogens with one attached hydrogen (secondary N) is 1. The van der Waals surface area contributed by atoms with Crippen molar-refractivity contribution in [3.63, 3.8) is 0 Å². The summed E-state index contributed by atoms with van der Waals surface area (Å²) in [6.45, 7) is 1.08. The van der Waals surface area contributed by atoms with Crippen molar-refractivity contribution in [2.24, 2.45) is 5.92 Å². The molecule has 1 saturated heterocycles. The Kier molecular flexibility index (Phi) is 2.04. The summed E-state index contributed by atoms with van der Waals surface area (Å²) >= 11 is 0. The third-order valence-electron chi connectivity index (χ3n) is 3.74. The van der Waals surface area contributed by atoms with Crippen molar-refractivity contribution in [3.8, 4) is 0 Å². The molecule has 2 unspecified atom stereocenters. The molecule has 1 aromatic heterocycles. The summed E-state index contributed by atoms with van der Waals surface area (Å²) in [6.07, 6.45) is 6.66. The Labute approximate surface area is 89.1 Å². The molecule has 15 heavy (non-hydrogen) atoms. The second-order valence-corrected chi connectivity index (χ2v) is 4.61. The number of aromatic amines is 1. The lowest BCUT2D eigenvalue weighted by Gasteiger charge is -2.36. The maximum Gasteiger partial charge on any atom is 0.246 e. The summed E-state index contributed by atoms with van der Waals surface area (Å²) in [6, 6.07) is 0.661. The number of H-pyrrole nitrogens is 1. The van der Waals surface area contributed by atoms with E-state index in [9.17, 15) is 0 Å². The number of fused-ring (bicyclic) bond motifs is 1. The van der Waals surface area contributed by atoms with Crippen LogP contribution in [0.25, 0.3) is 0 Å². The number of nitrogens with zero attached hydrogens (tertiary/aromatic N) is 3. The Bertz CT molecular complexity index is 347. The summed E-state index contributed by atoms with van der Waals surface area (Å²) in [4.78, 5) is 6.57. The van der Waals surface area contributed by atoms with E-state index in [4.69, 9.17) is 5.73 Å². The lowest BCUT2D eigenvalue weighted by atomic mass is 9.92. The SMILES string of the molecule is Nc1nc(N2CCCC3CCCC32)n[nH]1. The van der Waals surface area contributed by atoms with Crippen molar-refractivity contribution >= 4 is 11.9 Å². The maximum absolute atomic E-state index is 5.57. The van der Waals surface area contributed by atoms with Crippen LogP contribution < -0.4 is 10.6 Å². The van der Waals surface area contributed by atoms with Gasteiger partial charge in [-0.3, -0.25) is 0 Å². The Morgan fingerprint density at radius 2 is 2.13 bits per heavy atom. The van der Waals surface area contributed by atoms with Crippen LogP contribution in [0.1, 0.15) is 32.1 Å². The van der Waals surface area contributed by atoms with Crippen LogP contribution in [0.3, 0.4) is 0 Å². The minimum Gasteiger partial charge on any atom is -0.368 e. The first kappa shape index (κ1) is 9.00. The first-order valence-corrected chi connectivity index (χ1v) is 5.79. The molecule has 2 heterocycles. The zero-order chi connectivity index (χ0) is 10.3. The zero-order valence-corrected chi connectivity index (χ0v) is 8.82. The molecule has 3 N–H and O–H groups in total. The van der Waals surface area contributed by atoms with Crippen molar-refractivity contribution in [1.82, 2.24) is 15.2 Å². The van der Waals surface area contributed by atoms with Crippen LogP contribution in [-0.2, 0) is 0 Å². The van der Waals surface area contributed by atoms with Gasteiger partial charge in [-0.15, -0.1) is 5.10 Å². The largest absolute Gasteiger partial charge is 0.368 e. The van der Waals surface area contributed by atoms with Crippen molar-refractivity contribution in [2.75, 3.05) is 17.2 Å². The van der Waals surface area contributed by atoms with Gasteiger partial charge >= 0.3 is 0 Å². The minimum absolute atomic E-state index is 0.421. The molecule has 5 heteroatoms. The maximum atomic E-state index is 5.57. The molecular formula is C10H17N5. The molecule has 0 spiro atoms. The highest BCUT2D eigenvalue weighted by molar-refractivity contribution is 5.36. The van der Waals surface area contributed by atoms with E-state index < -0.39 is 0 Å². The summed E-state index contributed by atoms with van der Waals surface area (Å²) in [5, 5.41) is 6.89. The van der Waals surface area contributed by atoms with Crippen LogP contribution in [0, 0.1) is 5.92 Å². The molecule has 1 aliphatic heterocycles. The topological polar surface area (TPSA) is 70.8 Å². The van der Waals surface area contributed by atoms with Gasteiger partial charge in [0.2, 0.25) is 11.9 Å². The van der Waals surface area contributed by atoms with Gasteiger partial charge in [0.15, 0.2) is 0 Å². The molecule has 3 rings (SSSR count). The van der Waals surface area contributed by atoms with E-state index in [1.165, 1.54) is 32.1 Å². The van der Waals surface area contributed by atoms with E-state index in [2.05, 4.69) is 20.1 Å². The minimum atomic E-state index is 0.421. The third-order valence-corrected chi connectivity index (χ3v) is 3.74. The fraction of sp³-hybridized carbons (Fsp3) is 0.800. The third kappa shape index (κ3) is 1.46. The molecule has 2 fully saturated rings. The molecule has 1 aliphatic carbocycles. The van der Waals surface area contributed by atoms with E-state index in [1.807, 2.05) is 0 Å². The van der Waals surface area contributed by atoms with Crippen molar-refractivity contribution in [2.45, 2.75) is 38.1 Å². The molecule has 0 amide bonds. The normalized spacial score (nSPS) is 30.5. The number of rotatable bonds is 1. The number of piperidine rings is 1. The highest BCUT2D eigenvalue weighted by Gasteiger charge is 2.36. The van der Waals surface area contributed by atoms with Gasteiger partial charge in [0, 0.05) is 12.6 Å². The fourth-order valence-electron chi connectivity index (χ4n) is 3.10. The van der Waals surface area contributed by atoms with Crippen LogP contribution in [0.5, 0.6) is 0 Å². The number of nitrogen functional groups attached to an aromatic ring is 1.